The molecule has 1 fully saturated rings. The number of piperidine rings is 1. The molecule has 3 aromatic rings. The van der Waals surface area contributed by atoms with Crippen molar-refractivity contribution < 1.29 is 43.5 Å². The number of nitrogens with one attached hydrogen (secondary N) is 1. The number of nitrogens with zero attached hydrogens (tertiary/aromatic N) is 1. The summed E-state index contributed by atoms with van der Waals surface area (Å²) in [5.74, 6) is 1.67. The summed E-state index contributed by atoms with van der Waals surface area (Å²) in [5.41, 5.74) is 2.79. The second-order valence-corrected chi connectivity index (χ2v) is 11.0. The van der Waals surface area contributed by atoms with E-state index in [0.717, 1.165) is 22.4 Å². The lowest BCUT2D eigenvalue weighted by molar-refractivity contribution is -0.118. The molecule has 0 radical (unpaired) electrons. The summed E-state index contributed by atoms with van der Waals surface area (Å²) in [6.45, 7) is 4.01. The van der Waals surface area contributed by atoms with Crippen LogP contribution in [0.2, 0.25) is 0 Å². The van der Waals surface area contributed by atoms with E-state index in [0.29, 0.717) is 50.7 Å². The van der Waals surface area contributed by atoms with E-state index in [1.807, 2.05) is 72.8 Å². The average Bonchev–Trinajstić information content (AvgIpc) is 3.05. The Kier molecular flexibility index (Phi) is 13.5. The fraction of sp³-hybridized carbons (Fsp3) is 0.429. The van der Waals surface area contributed by atoms with E-state index in [1.165, 1.54) is 11.8 Å². The molecule has 11 nitrogen and oxygen atoms in total. The molecule has 1 aliphatic heterocycles. The number of likely N-dealkylation sites (tertiary alicyclic amines) is 1. The number of para-hydroxylation sites is 2. The highest BCUT2D eigenvalue weighted by molar-refractivity contribution is 5.72. The predicted octanol–water partition coefficient (Wildman–Crippen LogP) is 4.26. The Morgan fingerprint density at radius 2 is 1.59 bits per heavy atom. The van der Waals surface area contributed by atoms with Crippen LogP contribution in [0.15, 0.2) is 72.8 Å². The smallest absolute Gasteiger partial charge is 0.407 e. The number of benzene rings is 3. The number of hydrogen-bond acceptors (Lipinski definition) is 8. The van der Waals surface area contributed by atoms with Crippen molar-refractivity contribution in [3.05, 3.63) is 89.5 Å². The quantitative estimate of drug-likeness (QED) is 0.186. The highest BCUT2D eigenvalue weighted by atomic mass is 16.5. The standard InChI is InChI=1S/C35H44N2O9/c1-25(38)36-17-16-26-8-3-6-11-32(26)45-20-21-46-33-23-37(35(40)41)22-30(39)34(33)27-12-14-29(15-13-27)44-19-7-18-43-24-28-9-4-5-10-31(28)42-2/h3-6,8-15,30,33-34,39H,7,16-24H2,1-2H3,(H,36,38)(H,40,41)/t30-,33+,34+/m1/s1. The Morgan fingerprint density at radius 3 is 2.30 bits per heavy atom. The molecule has 1 saturated heterocycles. The molecule has 0 spiro atoms. The van der Waals surface area contributed by atoms with Crippen LogP contribution in [0.5, 0.6) is 17.2 Å². The Balaban J connectivity index is 1.27. The van der Waals surface area contributed by atoms with Crippen molar-refractivity contribution in [2.24, 2.45) is 0 Å². The van der Waals surface area contributed by atoms with Crippen LogP contribution in [-0.2, 0) is 27.3 Å². The van der Waals surface area contributed by atoms with Crippen LogP contribution in [0.3, 0.4) is 0 Å². The van der Waals surface area contributed by atoms with Crippen LogP contribution in [-0.4, -0.2) is 92.5 Å². The topological polar surface area (TPSA) is 136 Å². The maximum Gasteiger partial charge on any atom is 0.407 e. The number of rotatable bonds is 17. The van der Waals surface area contributed by atoms with Gasteiger partial charge in [0.25, 0.3) is 0 Å². The summed E-state index contributed by atoms with van der Waals surface area (Å²) in [4.78, 5) is 24.1. The van der Waals surface area contributed by atoms with Gasteiger partial charge in [-0.25, -0.2) is 4.79 Å². The summed E-state index contributed by atoms with van der Waals surface area (Å²) in [7, 11) is 1.64. The van der Waals surface area contributed by atoms with Crippen LogP contribution in [0.1, 0.15) is 36.0 Å². The zero-order chi connectivity index (χ0) is 32.7. The largest absolute Gasteiger partial charge is 0.496 e. The molecule has 0 bridgehead atoms. The molecule has 46 heavy (non-hydrogen) atoms. The number of aliphatic hydroxyl groups is 1. The zero-order valence-corrected chi connectivity index (χ0v) is 26.4. The van der Waals surface area contributed by atoms with Gasteiger partial charge in [0, 0.05) is 31.4 Å². The average molecular weight is 637 g/mol. The first kappa shape index (κ1) is 34.6. The minimum absolute atomic E-state index is 0.00879. The van der Waals surface area contributed by atoms with Gasteiger partial charge >= 0.3 is 6.09 Å². The summed E-state index contributed by atoms with van der Waals surface area (Å²) in [6.07, 6.45) is -1.30. The highest BCUT2D eigenvalue weighted by Gasteiger charge is 2.39. The summed E-state index contributed by atoms with van der Waals surface area (Å²) < 4.78 is 29.1. The number of aliphatic hydroxyl groups excluding tert-OH is 1. The van der Waals surface area contributed by atoms with E-state index in [4.69, 9.17) is 23.7 Å². The number of carbonyl (C=O) groups is 2. The molecule has 0 aliphatic carbocycles. The Morgan fingerprint density at radius 1 is 0.870 bits per heavy atom. The van der Waals surface area contributed by atoms with Gasteiger partial charge in [0.05, 0.1) is 58.8 Å². The van der Waals surface area contributed by atoms with Crippen molar-refractivity contribution in [2.45, 2.75) is 44.5 Å². The summed E-state index contributed by atoms with van der Waals surface area (Å²) in [5, 5.41) is 23.4. The number of ether oxygens (including phenoxy) is 5. The third-order valence-corrected chi connectivity index (χ3v) is 7.72. The van der Waals surface area contributed by atoms with Gasteiger partial charge in [0.1, 0.15) is 23.9 Å². The van der Waals surface area contributed by atoms with Crippen molar-refractivity contribution in [3.63, 3.8) is 0 Å². The van der Waals surface area contributed by atoms with Crippen LogP contribution >= 0.6 is 0 Å². The van der Waals surface area contributed by atoms with Gasteiger partial charge < -0.3 is 44.1 Å². The van der Waals surface area contributed by atoms with Crippen LogP contribution in [0.4, 0.5) is 4.79 Å². The maximum absolute atomic E-state index is 11.8. The van der Waals surface area contributed by atoms with Crippen molar-refractivity contribution in [1.82, 2.24) is 10.2 Å². The predicted molar refractivity (Wildman–Crippen MR) is 172 cm³/mol. The first-order valence-corrected chi connectivity index (χ1v) is 15.5. The molecule has 3 aromatic carbocycles. The Hall–Kier alpha value is -4.32. The molecule has 1 aliphatic rings. The molecule has 4 rings (SSSR count). The minimum atomic E-state index is -1.11. The second-order valence-electron chi connectivity index (χ2n) is 11.0. The molecular formula is C35H44N2O9. The normalized spacial score (nSPS) is 17.7. The first-order valence-electron chi connectivity index (χ1n) is 15.5. The number of hydrogen-bond donors (Lipinski definition) is 3. The molecule has 2 amide bonds. The molecule has 0 unspecified atom stereocenters. The lowest BCUT2D eigenvalue weighted by Crippen LogP contribution is -2.53. The molecule has 3 atom stereocenters. The number of amides is 2. The molecule has 3 N–H and O–H groups in total. The van der Waals surface area contributed by atoms with Crippen molar-refractivity contribution >= 4 is 12.0 Å². The van der Waals surface area contributed by atoms with E-state index in [-0.39, 0.29) is 32.2 Å². The molecule has 1 heterocycles. The van der Waals surface area contributed by atoms with Crippen LogP contribution in [0.25, 0.3) is 0 Å². The number of carboxylic acid groups (broad SMARTS) is 1. The van der Waals surface area contributed by atoms with Crippen molar-refractivity contribution in [3.8, 4) is 17.2 Å². The number of carbonyl (C=O) groups excluding carboxylic acids is 1. The van der Waals surface area contributed by atoms with E-state index in [1.54, 1.807) is 7.11 Å². The fourth-order valence-corrected chi connectivity index (χ4v) is 5.46. The third-order valence-electron chi connectivity index (χ3n) is 7.72. The van der Waals surface area contributed by atoms with Gasteiger partial charge in [-0.2, -0.15) is 0 Å². The van der Waals surface area contributed by atoms with E-state index in [9.17, 15) is 19.8 Å². The van der Waals surface area contributed by atoms with Crippen molar-refractivity contribution in [2.75, 3.05) is 53.2 Å². The molecular weight excluding hydrogens is 592 g/mol. The van der Waals surface area contributed by atoms with Gasteiger partial charge in [-0.1, -0.05) is 48.5 Å². The lowest BCUT2D eigenvalue weighted by atomic mass is 9.84. The minimum Gasteiger partial charge on any atom is -0.496 e. The second kappa shape index (κ2) is 18.0. The van der Waals surface area contributed by atoms with E-state index < -0.39 is 24.2 Å². The maximum atomic E-state index is 11.8. The summed E-state index contributed by atoms with van der Waals surface area (Å²) in [6, 6.07) is 22.8. The Labute approximate surface area is 270 Å². The van der Waals surface area contributed by atoms with Crippen LogP contribution < -0.4 is 19.5 Å². The third kappa shape index (κ3) is 10.4. The van der Waals surface area contributed by atoms with Gasteiger partial charge in [-0.15, -0.1) is 0 Å². The van der Waals surface area contributed by atoms with E-state index >= 15 is 0 Å². The lowest BCUT2D eigenvalue weighted by Gasteiger charge is -2.40. The molecule has 248 valence electrons. The first-order chi connectivity index (χ1) is 22.4. The SMILES string of the molecule is COc1ccccc1COCCCOc1ccc([C@H]2[C@H](O)CN(C(=O)O)C[C@@H]2OCCOc2ccccc2CCNC(C)=O)cc1. The Bertz CT molecular complexity index is 1380. The van der Waals surface area contributed by atoms with Crippen molar-refractivity contribution in [1.29, 1.82) is 0 Å². The number of β-amino-alcohol motifs (C(OH)–C–C–N with tert-alkyl or cyclic N) is 1. The van der Waals surface area contributed by atoms with E-state index in [2.05, 4.69) is 5.32 Å². The zero-order valence-electron chi connectivity index (χ0n) is 26.4. The van der Waals surface area contributed by atoms with Gasteiger partial charge in [0.2, 0.25) is 5.91 Å². The molecule has 11 heteroatoms. The van der Waals surface area contributed by atoms with Gasteiger partial charge in [-0.3, -0.25) is 4.79 Å². The fourth-order valence-electron chi connectivity index (χ4n) is 5.46. The number of methoxy groups -OCH3 is 1. The molecule has 0 aromatic heterocycles. The molecule has 0 saturated carbocycles. The monoisotopic (exact) mass is 636 g/mol. The van der Waals surface area contributed by atoms with Gasteiger partial charge in [0.15, 0.2) is 0 Å². The van der Waals surface area contributed by atoms with Crippen LogP contribution in [0, 0.1) is 0 Å². The highest BCUT2D eigenvalue weighted by Crippen LogP contribution is 2.32. The summed E-state index contributed by atoms with van der Waals surface area (Å²) >= 11 is 0. The van der Waals surface area contributed by atoms with Gasteiger partial charge in [-0.05, 0) is 41.8 Å².